The fraction of sp³-hybridized carbons (Fsp3) is 0.471. The third-order valence-electron chi connectivity index (χ3n) is 3.90. The Bertz CT molecular complexity index is 694. The van der Waals surface area contributed by atoms with Gasteiger partial charge in [-0.1, -0.05) is 12.1 Å². The normalized spacial score (nSPS) is 18.0. The van der Waals surface area contributed by atoms with Gasteiger partial charge in [0, 0.05) is 6.42 Å². The Balaban J connectivity index is 1.91. The molecule has 0 fully saturated rings. The van der Waals surface area contributed by atoms with Crippen LogP contribution in [0.4, 0.5) is 0 Å². The van der Waals surface area contributed by atoms with Gasteiger partial charge in [-0.05, 0) is 45.4 Å². The van der Waals surface area contributed by atoms with Gasteiger partial charge in [-0.2, -0.15) is 0 Å². The Kier molecular flexibility index (Phi) is 3.40. The average molecular weight is 299 g/mol. The van der Waals surface area contributed by atoms with E-state index in [0.717, 1.165) is 22.7 Å². The summed E-state index contributed by atoms with van der Waals surface area (Å²) < 4.78 is 11.2. The zero-order valence-corrected chi connectivity index (χ0v) is 13.7. The summed E-state index contributed by atoms with van der Waals surface area (Å²) in [7, 11) is 1.66. The highest BCUT2D eigenvalue weighted by Gasteiger charge is 2.46. The van der Waals surface area contributed by atoms with Crippen LogP contribution in [-0.2, 0) is 22.4 Å². The Labute approximate surface area is 130 Å². The van der Waals surface area contributed by atoms with Gasteiger partial charge < -0.3 is 9.47 Å². The fourth-order valence-electron chi connectivity index (χ4n) is 2.92. The average Bonchev–Trinajstić information content (AvgIpc) is 2.65. The first-order valence-corrected chi connectivity index (χ1v) is 7.39. The maximum atomic E-state index is 6.06. The molecule has 0 saturated carbocycles. The van der Waals surface area contributed by atoms with E-state index in [1.165, 1.54) is 0 Å². The molecule has 0 N–H and O–H groups in total. The molecular formula is C17H21N3O2. The first-order valence-electron chi connectivity index (χ1n) is 7.39. The summed E-state index contributed by atoms with van der Waals surface area (Å²) in [4.78, 5) is 4.71. The van der Waals surface area contributed by atoms with Crippen molar-refractivity contribution in [3.8, 4) is 5.75 Å². The van der Waals surface area contributed by atoms with E-state index in [9.17, 15) is 0 Å². The van der Waals surface area contributed by atoms with Gasteiger partial charge >= 0.3 is 0 Å². The van der Waals surface area contributed by atoms with Gasteiger partial charge in [-0.15, -0.1) is 10.2 Å². The van der Waals surface area contributed by atoms with Crippen molar-refractivity contribution in [2.24, 2.45) is 0 Å². The minimum absolute atomic E-state index is 0.441. The van der Waals surface area contributed by atoms with Crippen molar-refractivity contribution >= 4 is 0 Å². The molecule has 0 spiro atoms. The van der Waals surface area contributed by atoms with Crippen LogP contribution < -0.4 is 4.74 Å². The number of methoxy groups -OCH3 is 1. The molecule has 0 aliphatic carbocycles. The molecule has 0 radical (unpaired) electrons. The fourth-order valence-corrected chi connectivity index (χ4v) is 2.92. The lowest BCUT2D eigenvalue weighted by molar-refractivity contribution is -0.107. The van der Waals surface area contributed by atoms with Crippen LogP contribution in [0.2, 0.25) is 0 Å². The molecule has 0 atom stereocenters. The molecule has 0 bridgehead atoms. The maximum absolute atomic E-state index is 6.06. The van der Waals surface area contributed by atoms with Crippen LogP contribution in [0.15, 0.2) is 24.3 Å². The second-order valence-electron chi connectivity index (χ2n) is 6.57. The van der Waals surface area contributed by atoms with Gasteiger partial charge in [0.1, 0.15) is 28.3 Å². The molecule has 3 rings (SSSR count). The van der Waals surface area contributed by atoms with Crippen LogP contribution in [0.5, 0.6) is 5.75 Å². The molecule has 2 aromatic rings. The Morgan fingerprint density at radius 2 is 1.59 bits per heavy atom. The maximum Gasteiger partial charge on any atom is 0.155 e. The summed E-state index contributed by atoms with van der Waals surface area (Å²) in [6.07, 6.45) is 0.640. The largest absolute Gasteiger partial charge is 0.497 e. The molecule has 5 nitrogen and oxygen atoms in total. The van der Waals surface area contributed by atoms with Gasteiger partial charge in [-0.3, -0.25) is 0 Å². The second kappa shape index (κ2) is 5.02. The van der Waals surface area contributed by atoms with E-state index in [4.69, 9.17) is 14.5 Å². The SMILES string of the molecule is COc1ccc(Cc2nnc3c(n2)C(C)(C)OC3(C)C)cc1. The van der Waals surface area contributed by atoms with E-state index in [0.29, 0.717) is 12.2 Å². The van der Waals surface area contributed by atoms with Crippen molar-refractivity contribution < 1.29 is 9.47 Å². The minimum Gasteiger partial charge on any atom is -0.497 e. The number of benzene rings is 1. The molecule has 1 aliphatic rings. The zero-order chi connectivity index (χ0) is 16.0. The first-order chi connectivity index (χ1) is 10.3. The summed E-state index contributed by atoms with van der Waals surface area (Å²) in [5, 5.41) is 8.65. The van der Waals surface area contributed by atoms with Crippen LogP contribution in [0.3, 0.4) is 0 Å². The predicted molar refractivity (Wildman–Crippen MR) is 82.8 cm³/mol. The van der Waals surface area contributed by atoms with Gasteiger partial charge in [0.05, 0.1) is 7.11 Å². The first kappa shape index (κ1) is 14.9. The third kappa shape index (κ3) is 2.57. The van der Waals surface area contributed by atoms with Crippen LogP contribution in [0.1, 0.15) is 50.5 Å². The smallest absolute Gasteiger partial charge is 0.155 e. The van der Waals surface area contributed by atoms with Gasteiger partial charge in [0.15, 0.2) is 5.82 Å². The molecule has 116 valence electrons. The van der Waals surface area contributed by atoms with E-state index in [1.54, 1.807) is 7.11 Å². The number of hydrogen-bond acceptors (Lipinski definition) is 5. The van der Waals surface area contributed by atoms with E-state index in [2.05, 4.69) is 10.2 Å². The summed E-state index contributed by atoms with van der Waals surface area (Å²) in [5.41, 5.74) is 1.95. The number of hydrogen-bond donors (Lipinski definition) is 0. The minimum atomic E-state index is -0.447. The molecule has 22 heavy (non-hydrogen) atoms. The quantitative estimate of drug-likeness (QED) is 0.872. The number of ether oxygens (including phenoxy) is 2. The summed E-state index contributed by atoms with van der Waals surface area (Å²) >= 11 is 0. The van der Waals surface area contributed by atoms with Crippen molar-refractivity contribution in [1.29, 1.82) is 0 Å². The Hall–Kier alpha value is -2.01. The summed E-state index contributed by atoms with van der Waals surface area (Å²) in [5.74, 6) is 1.55. The van der Waals surface area contributed by atoms with E-state index >= 15 is 0 Å². The Morgan fingerprint density at radius 1 is 0.955 bits per heavy atom. The van der Waals surface area contributed by atoms with Crippen LogP contribution >= 0.6 is 0 Å². The van der Waals surface area contributed by atoms with Crippen molar-refractivity contribution in [3.05, 3.63) is 47.0 Å². The lowest BCUT2D eigenvalue weighted by Crippen LogP contribution is -2.23. The molecule has 1 aliphatic heterocycles. The van der Waals surface area contributed by atoms with Gasteiger partial charge in [0.2, 0.25) is 0 Å². The molecule has 2 heterocycles. The van der Waals surface area contributed by atoms with Gasteiger partial charge in [-0.25, -0.2) is 4.98 Å². The standard InChI is InChI=1S/C17H21N3O2/c1-16(2)14-15(17(3,4)22-16)20-19-13(18-14)10-11-6-8-12(21-5)9-7-11/h6-9H,10H2,1-5H3. The molecule has 1 aromatic heterocycles. The van der Waals surface area contributed by atoms with Crippen LogP contribution in [0, 0.1) is 0 Å². The van der Waals surface area contributed by atoms with E-state index in [1.807, 2.05) is 52.0 Å². The highest BCUT2D eigenvalue weighted by Crippen LogP contribution is 2.44. The van der Waals surface area contributed by atoms with E-state index in [-0.39, 0.29) is 0 Å². The van der Waals surface area contributed by atoms with Crippen molar-refractivity contribution in [1.82, 2.24) is 15.2 Å². The lowest BCUT2D eigenvalue weighted by atomic mass is 10.0. The third-order valence-corrected chi connectivity index (χ3v) is 3.90. The number of fused-ring (bicyclic) bond motifs is 1. The van der Waals surface area contributed by atoms with Gasteiger partial charge in [0.25, 0.3) is 0 Å². The van der Waals surface area contributed by atoms with Crippen LogP contribution in [-0.4, -0.2) is 22.3 Å². The molecule has 1 aromatic carbocycles. The van der Waals surface area contributed by atoms with E-state index < -0.39 is 11.2 Å². The van der Waals surface area contributed by atoms with Crippen molar-refractivity contribution in [3.63, 3.8) is 0 Å². The second-order valence-corrected chi connectivity index (χ2v) is 6.57. The highest BCUT2D eigenvalue weighted by atomic mass is 16.5. The molecule has 5 heteroatoms. The monoisotopic (exact) mass is 299 g/mol. The van der Waals surface area contributed by atoms with Crippen molar-refractivity contribution in [2.45, 2.75) is 45.3 Å². The zero-order valence-electron chi connectivity index (χ0n) is 13.7. The topological polar surface area (TPSA) is 57.1 Å². The summed E-state index contributed by atoms with van der Waals surface area (Å²) in [6, 6.07) is 7.90. The molecule has 0 amide bonds. The number of aromatic nitrogens is 3. The molecule has 0 unspecified atom stereocenters. The van der Waals surface area contributed by atoms with Crippen molar-refractivity contribution in [2.75, 3.05) is 7.11 Å². The molecular weight excluding hydrogens is 278 g/mol. The summed E-state index contributed by atoms with van der Waals surface area (Å²) in [6.45, 7) is 8.04. The number of nitrogens with zero attached hydrogens (tertiary/aromatic N) is 3. The number of rotatable bonds is 3. The van der Waals surface area contributed by atoms with Crippen LogP contribution in [0.25, 0.3) is 0 Å². The highest BCUT2D eigenvalue weighted by molar-refractivity contribution is 5.31. The lowest BCUT2D eigenvalue weighted by Gasteiger charge is -2.23. The predicted octanol–water partition coefficient (Wildman–Crippen LogP) is 2.97. The molecule has 0 saturated heterocycles. The Morgan fingerprint density at radius 3 is 2.23 bits per heavy atom.